The lowest BCUT2D eigenvalue weighted by Gasteiger charge is -2.16. The molecular formula is C13H24N2O2. The van der Waals surface area contributed by atoms with Gasteiger partial charge in [-0.2, -0.15) is 0 Å². The zero-order valence-electron chi connectivity index (χ0n) is 10.8. The van der Waals surface area contributed by atoms with Gasteiger partial charge in [0.2, 0.25) is 11.8 Å². The number of nitrogens with two attached hydrogens (primary N) is 1. The van der Waals surface area contributed by atoms with Crippen molar-refractivity contribution >= 4 is 11.8 Å². The van der Waals surface area contributed by atoms with Crippen molar-refractivity contribution in [2.45, 2.75) is 51.9 Å². The van der Waals surface area contributed by atoms with Crippen molar-refractivity contribution in [2.75, 3.05) is 13.1 Å². The fourth-order valence-electron chi connectivity index (χ4n) is 2.45. The van der Waals surface area contributed by atoms with Crippen LogP contribution in [0.25, 0.3) is 0 Å². The van der Waals surface area contributed by atoms with Crippen LogP contribution in [0.5, 0.6) is 0 Å². The van der Waals surface area contributed by atoms with Crippen LogP contribution in [0.15, 0.2) is 0 Å². The fourth-order valence-corrected chi connectivity index (χ4v) is 2.45. The zero-order chi connectivity index (χ0) is 12.7. The molecule has 1 saturated heterocycles. The van der Waals surface area contributed by atoms with Crippen molar-refractivity contribution in [3.05, 3.63) is 0 Å². The minimum Gasteiger partial charge on any atom is -0.370 e. The predicted molar refractivity (Wildman–Crippen MR) is 67.3 cm³/mol. The van der Waals surface area contributed by atoms with Gasteiger partial charge in [0.15, 0.2) is 0 Å². The molecule has 4 nitrogen and oxygen atoms in total. The smallest absolute Gasteiger partial charge is 0.222 e. The number of hydrogen-bond donors (Lipinski definition) is 1. The largest absolute Gasteiger partial charge is 0.370 e. The van der Waals surface area contributed by atoms with Crippen LogP contribution < -0.4 is 5.73 Å². The van der Waals surface area contributed by atoms with Gasteiger partial charge < -0.3 is 10.6 Å². The topological polar surface area (TPSA) is 63.4 Å². The second kappa shape index (κ2) is 7.30. The second-order valence-electron chi connectivity index (χ2n) is 4.98. The summed E-state index contributed by atoms with van der Waals surface area (Å²) in [6, 6.07) is 0. The molecule has 2 N–H and O–H groups in total. The maximum absolute atomic E-state index is 11.7. The third kappa shape index (κ3) is 5.20. The van der Waals surface area contributed by atoms with E-state index in [1.54, 1.807) is 0 Å². The lowest BCUT2D eigenvalue weighted by molar-refractivity contribution is -0.127. The number of amides is 2. The summed E-state index contributed by atoms with van der Waals surface area (Å²) in [7, 11) is 0. The molecule has 0 bridgehead atoms. The molecule has 0 aromatic rings. The normalized spacial score (nSPS) is 19.9. The van der Waals surface area contributed by atoms with Gasteiger partial charge in [0.05, 0.1) is 0 Å². The Morgan fingerprint density at radius 3 is 2.82 bits per heavy atom. The van der Waals surface area contributed by atoms with Crippen LogP contribution in [0.1, 0.15) is 51.9 Å². The third-order valence-corrected chi connectivity index (χ3v) is 3.34. The lowest BCUT2D eigenvalue weighted by atomic mass is 10.0. The van der Waals surface area contributed by atoms with Crippen LogP contribution in [0.2, 0.25) is 0 Å². The number of unbranched alkanes of at least 4 members (excludes halogenated alkanes) is 2. The summed E-state index contributed by atoms with van der Waals surface area (Å²) < 4.78 is 0. The molecule has 1 aliphatic rings. The van der Waals surface area contributed by atoms with Crippen LogP contribution in [0.3, 0.4) is 0 Å². The van der Waals surface area contributed by atoms with E-state index in [0.29, 0.717) is 18.2 Å². The monoisotopic (exact) mass is 240 g/mol. The molecule has 0 spiro atoms. The number of hydrogen-bond acceptors (Lipinski definition) is 2. The SMILES string of the molecule is CCCC1CC(=O)N(CCCCCC(N)=O)C1. The Morgan fingerprint density at radius 1 is 1.41 bits per heavy atom. The minimum absolute atomic E-state index is 0.231. The first-order chi connectivity index (χ1) is 8.13. The number of primary amides is 1. The highest BCUT2D eigenvalue weighted by molar-refractivity contribution is 5.78. The first-order valence-corrected chi connectivity index (χ1v) is 6.69. The molecule has 1 aliphatic heterocycles. The molecule has 0 aliphatic carbocycles. The molecule has 98 valence electrons. The summed E-state index contributed by atoms with van der Waals surface area (Å²) in [4.78, 5) is 24.2. The first-order valence-electron chi connectivity index (χ1n) is 6.69. The third-order valence-electron chi connectivity index (χ3n) is 3.34. The molecular weight excluding hydrogens is 216 g/mol. The lowest BCUT2D eigenvalue weighted by Crippen LogP contribution is -2.26. The predicted octanol–water partition coefficient (Wildman–Crippen LogP) is 1.68. The summed E-state index contributed by atoms with van der Waals surface area (Å²) >= 11 is 0. The zero-order valence-corrected chi connectivity index (χ0v) is 10.8. The van der Waals surface area contributed by atoms with Gasteiger partial charge in [-0.25, -0.2) is 0 Å². The molecule has 1 atom stereocenters. The molecule has 1 rings (SSSR count). The molecule has 0 aromatic heterocycles. The fraction of sp³-hybridized carbons (Fsp3) is 0.846. The maximum Gasteiger partial charge on any atom is 0.222 e. The van der Waals surface area contributed by atoms with E-state index in [0.717, 1.165) is 51.6 Å². The van der Waals surface area contributed by atoms with Crippen LogP contribution in [0.4, 0.5) is 0 Å². The van der Waals surface area contributed by atoms with Gasteiger partial charge in [-0.3, -0.25) is 9.59 Å². The molecule has 1 heterocycles. The van der Waals surface area contributed by atoms with E-state index in [1.807, 2.05) is 4.90 Å². The molecule has 2 amide bonds. The van der Waals surface area contributed by atoms with Crippen molar-refractivity contribution in [1.82, 2.24) is 4.90 Å². The molecule has 1 fully saturated rings. The van der Waals surface area contributed by atoms with Gasteiger partial charge in [-0.1, -0.05) is 19.8 Å². The van der Waals surface area contributed by atoms with E-state index in [1.165, 1.54) is 0 Å². The Bertz CT molecular complexity index is 266. The van der Waals surface area contributed by atoms with Crippen molar-refractivity contribution in [3.8, 4) is 0 Å². The van der Waals surface area contributed by atoms with Crippen LogP contribution in [-0.2, 0) is 9.59 Å². The van der Waals surface area contributed by atoms with Crippen LogP contribution in [-0.4, -0.2) is 29.8 Å². The Labute approximate surface area is 104 Å². The highest BCUT2D eigenvalue weighted by Gasteiger charge is 2.27. The summed E-state index contributed by atoms with van der Waals surface area (Å²) in [6.07, 6.45) is 6.31. The summed E-state index contributed by atoms with van der Waals surface area (Å²) in [5, 5.41) is 0. The van der Waals surface area contributed by atoms with E-state index >= 15 is 0 Å². The second-order valence-corrected chi connectivity index (χ2v) is 4.98. The highest BCUT2D eigenvalue weighted by Crippen LogP contribution is 2.22. The summed E-state index contributed by atoms with van der Waals surface area (Å²) in [5.41, 5.74) is 5.07. The standard InChI is InChI=1S/C13H24N2O2/c1-2-6-11-9-13(17)15(10-11)8-5-3-4-7-12(14)16/h11H,2-10H2,1H3,(H2,14,16). The minimum atomic E-state index is -0.231. The Balaban J connectivity index is 2.11. The Hall–Kier alpha value is -1.06. The number of rotatable bonds is 8. The van der Waals surface area contributed by atoms with E-state index in [4.69, 9.17) is 5.73 Å². The summed E-state index contributed by atoms with van der Waals surface area (Å²) in [5.74, 6) is 0.640. The van der Waals surface area contributed by atoms with Crippen molar-refractivity contribution in [3.63, 3.8) is 0 Å². The molecule has 0 radical (unpaired) electrons. The maximum atomic E-state index is 11.7. The highest BCUT2D eigenvalue weighted by atomic mass is 16.2. The quantitative estimate of drug-likeness (QED) is 0.656. The Kier molecular flexibility index (Phi) is 6.01. The van der Waals surface area contributed by atoms with Gasteiger partial charge in [0, 0.05) is 25.9 Å². The van der Waals surface area contributed by atoms with Crippen LogP contribution in [0, 0.1) is 5.92 Å². The number of carbonyl (C=O) groups is 2. The molecule has 1 unspecified atom stereocenters. The average Bonchev–Trinajstić information content (AvgIpc) is 2.59. The molecule has 4 heteroatoms. The summed E-state index contributed by atoms with van der Waals surface area (Å²) in [6.45, 7) is 3.94. The average molecular weight is 240 g/mol. The molecule has 0 saturated carbocycles. The van der Waals surface area contributed by atoms with Gasteiger partial charge in [0.1, 0.15) is 0 Å². The van der Waals surface area contributed by atoms with Gasteiger partial charge in [-0.05, 0) is 25.2 Å². The van der Waals surface area contributed by atoms with E-state index < -0.39 is 0 Å². The molecule has 0 aromatic carbocycles. The molecule has 17 heavy (non-hydrogen) atoms. The first kappa shape index (κ1) is 14.0. The van der Waals surface area contributed by atoms with Gasteiger partial charge >= 0.3 is 0 Å². The number of carbonyl (C=O) groups excluding carboxylic acids is 2. The van der Waals surface area contributed by atoms with Crippen molar-refractivity contribution in [1.29, 1.82) is 0 Å². The van der Waals surface area contributed by atoms with Crippen molar-refractivity contribution in [2.24, 2.45) is 11.7 Å². The van der Waals surface area contributed by atoms with E-state index in [2.05, 4.69) is 6.92 Å². The van der Waals surface area contributed by atoms with Crippen molar-refractivity contribution < 1.29 is 9.59 Å². The van der Waals surface area contributed by atoms with E-state index in [-0.39, 0.29) is 5.91 Å². The van der Waals surface area contributed by atoms with Crippen LogP contribution >= 0.6 is 0 Å². The number of likely N-dealkylation sites (tertiary alicyclic amines) is 1. The Morgan fingerprint density at radius 2 is 2.18 bits per heavy atom. The van der Waals surface area contributed by atoms with E-state index in [9.17, 15) is 9.59 Å². The van der Waals surface area contributed by atoms with Gasteiger partial charge in [0.25, 0.3) is 0 Å². The number of nitrogens with zero attached hydrogens (tertiary/aromatic N) is 1. The van der Waals surface area contributed by atoms with Gasteiger partial charge in [-0.15, -0.1) is 0 Å².